The molecule has 2 aromatic rings. The number of para-hydroxylation sites is 1. The van der Waals surface area contributed by atoms with Crippen molar-refractivity contribution in [2.45, 2.75) is 6.92 Å². The molecule has 0 aliphatic heterocycles. The maximum absolute atomic E-state index is 5.68. The van der Waals surface area contributed by atoms with Crippen LogP contribution in [0.3, 0.4) is 0 Å². The molecule has 1 aromatic heterocycles. The normalized spacial score (nSPS) is 10.4. The molecule has 1 aromatic carbocycles. The van der Waals surface area contributed by atoms with Crippen LogP contribution in [0, 0.1) is 6.92 Å². The average Bonchev–Trinajstić information content (AvgIpc) is 2.48. The van der Waals surface area contributed by atoms with Gasteiger partial charge >= 0.3 is 0 Å². The lowest BCUT2D eigenvalue weighted by atomic mass is 10.3. The minimum absolute atomic E-state index is 0.570. The average molecular weight is 252 g/mol. The van der Waals surface area contributed by atoms with E-state index in [0.717, 1.165) is 15.7 Å². The Morgan fingerprint density at radius 1 is 1.36 bits per heavy atom. The molecule has 0 aliphatic carbocycles. The number of hydrogen-bond acceptors (Lipinski definition) is 2. The molecular formula is C10H10BrN3. The molecule has 72 valence electrons. The van der Waals surface area contributed by atoms with Crippen LogP contribution in [0.2, 0.25) is 0 Å². The number of benzene rings is 1. The monoisotopic (exact) mass is 251 g/mol. The Bertz CT molecular complexity index is 443. The van der Waals surface area contributed by atoms with Gasteiger partial charge in [-0.25, -0.2) is 4.68 Å². The van der Waals surface area contributed by atoms with Crippen molar-refractivity contribution in [2.24, 2.45) is 0 Å². The lowest BCUT2D eigenvalue weighted by Gasteiger charge is -2.02. The van der Waals surface area contributed by atoms with Crippen LogP contribution in [0.5, 0.6) is 0 Å². The molecule has 0 saturated heterocycles. The largest absolute Gasteiger partial charge is 0.382 e. The molecule has 2 N–H and O–H groups in total. The summed E-state index contributed by atoms with van der Waals surface area (Å²) in [5, 5.41) is 4.21. The smallest absolute Gasteiger partial charge is 0.148 e. The number of aromatic nitrogens is 2. The lowest BCUT2D eigenvalue weighted by molar-refractivity contribution is 0.881. The molecule has 2 rings (SSSR count). The highest BCUT2D eigenvalue weighted by atomic mass is 79.9. The number of nitrogens with two attached hydrogens (primary N) is 1. The zero-order valence-electron chi connectivity index (χ0n) is 7.74. The van der Waals surface area contributed by atoms with E-state index in [1.165, 1.54) is 0 Å². The minimum atomic E-state index is 0.570. The molecule has 0 unspecified atom stereocenters. The Hall–Kier alpha value is -1.29. The van der Waals surface area contributed by atoms with Gasteiger partial charge in [-0.15, -0.1) is 0 Å². The first-order chi connectivity index (χ1) is 6.68. The van der Waals surface area contributed by atoms with Crippen LogP contribution in [0.15, 0.2) is 34.9 Å². The van der Waals surface area contributed by atoms with Gasteiger partial charge in [-0.1, -0.05) is 12.1 Å². The lowest BCUT2D eigenvalue weighted by Crippen LogP contribution is -1.96. The number of aryl methyl sites for hydroxylation is 1. The zero-order chi connectivity index (χ0) is 10.1. The molecule has 0 atom stereocenters. The second kappa shape index (κ2) is 3.46. The number of nitrogens with zero attached hydrogens (tertiary/aromatic N) is 2. The fourth-order valence-corrected chi connectivity index (χ4v) is 1.70. The van der Waals surface area contributed by atoms with Crippen molar-refractivity contribution in [2.75, 3.05) is 5.73 Å². The Morgan fingerprint density at radius 2 is 2.07 bits per heavy atom. The summed E-state index contributed by atoms with van der Waals surface area (Å²) in [6.45, 7) is 1.94. The molecule has 4 heteroatoms. The van der Waals surface area contributed by atoms with E-state index in [2.05, 4.69) is 21.0 Å². The van der Waals surface area contributed by atoms with E-state index in [1.54, 1.807) is 4.68 Å². The summed E-state index contributed by atoms with van der Waals surface area (Å²) in [5.74, 6) is 0.570. The first-order valence-corrected chi connectivity index (χ1v) is 5.04. The van der Waals surface area contributed by atoms with Gasteiger partial charge in [0.25, 0.3) is 0 Å². The molecule has 0 bridgehead atoms. The van der Waals surface area contributed by atoms with Crippen molar-refractivity contribution in [3.8, 4) is 5.69 Å². The van der Waals surface area contributed by atoms with E-state index in [-0.39, 0.29) is 0 Å². The molecule has 0 radical (unpaired) electrons. The van der Waals surface area contributed by atoms with Crippen molar-refractivity contribution in [3.05, 3.63) is 40.5 Å². The van der Waals surface area contributed by atoms with Crippen LogP contribution in [-0.2, 0) is 0 Å². The topological polar surface area (TPSA) is 43.8 Å². The van der Waals surface area contributed by atoms with Crippen LogP contribution in [0.4, 0.5) is 5.82 Å². The molecule has 0 saturated carbocycles. The predicted molar refractivity (Wildman–Crippen MR) is 60.4 cm³/mol. The van der Waals surface area contributed by atoms with E-state index < -0.39 is 0 Å². The van der Waals surface area contributed by atoms with Gasteiger partial charge in [-0.2, -0.15) is 5.10 Å². The highest BCUT2D eigenvalue weighted by Gasteiger charge is 2.05. The first-order valence-electron chi connectivity index (χ1n) is 4.25. The SMILES string of the molecule is Cc1cn(-c2ccccc2Br)nc1N. The van der Waals surface area contributed by atoms with Gasteiger partial charge in [0.15, 0.2) is 0 Å². The molecule has 1 heterocycles. The third-order valence-electron chi connectivity index (χ3n) is 2.03. The van der Waals surface area contributed by atoms with E-state index in [1.807, 2.05) is 37.4 Å². The van der Waals surface area contributed by atoms with Gasteiger partial charge in [0.2, 0.25) is 0 Å². The highest BCUT2D eigenvalue weighted by Crippen LogP contribution is 2.21. The first kappa shape index (κ1) is 9.27. The molecule has 0 aliphatic rings. The number of hydrogen-bond donors (Lipinski definition) is 1. The second-order valence-electron chi connectivity index (χ2n) is 3.09. The minimum Gasteiger partial charge on any atom is -0.382 e. The van der Waals surface area contributed by atoms with Crippen LogP contribution in [0.25, 0.3) is 5.69 Å². The summed E-state index contributed by atoms with van der Waals surface area (Å²) >= 11 is 3.47. The summed E-state index contributed by atoms with van der Waals surface area (Å²) in [5.41, 5.74) is 7.66. The maximum atomic E-state index is 5.68. The summed E-state index contributed by atoms with van der Waals surface area (Å²) in [6.07, 6.45) is 1.91. The number of anilines is 1. The van der Waals surface area contributed by atoms with Crippen LogP contribution >= 0.6 is 15.9 Å². The molecule has 0 fully saturated rings. The van der Waals surface area contributed by atoms with Crippen LogP contribution in [-0.4, -0.2) is 9.78 Å². The number of rotatable bonds is 1. The Morgan fingerprint density at radius 3 is 2.64 bits per heavy atom. The summed E-state index contributed by atoms with van der Waals surface area (Å²) < 4.78 is 2.77. The van der Waals surface area contributed by atoms with Crippen LogP contribution < -0.4 is 5.73 Å². The van der Waals surface area contributed by atoms with Crippen molar-refractivity contribution in [1.82, 2.24) is 9.78 Å². The Labute approximate surface area is 90.7 Å². The van der Waals surface area contributed by atoms with Gasteiger partial charge in [0, 0.05) is 16.2 Å². The maximum Gasteiger partial charge on any atom is 0.148 e. The van der Waals surface area contributed by atoms with E-state index >= 15 is 0 Å². The van der Waals surface area contributed by atoms with E-state index in [9.17, 15) is 0 Å². The van der Waals surface area contributed by atoms with Crippen molar-refractivity contribution in [1.29, 1.82) is 0 Å². The summed E-state index contributed by atoms with van der Waals surface area (Å²) in [4.78, 5) is 0. The molecule has 14 heavy (non-hydrogen) atoms. The molecular weight excluding hydrogens is 242 g/mol. The van der Waals surface area contributed by atoms with Crippen LogP contribution in [0.1, 0.15) is 5.56 Å². The summed E-state index contributed by atoms with van der Waals surface area (Å²) in [7, 11) is 0. The molecule has 3 nitrogen and oxygen atoms in total. The second-order valence-corrected chi connectivity index (χ2v) is 3.95. The van der Waals surface area contributed by atoms with Crippen molar-refractivity contribution >= 4 is 21.7 Å². The van der Waals surface area contributed by atoms with Gasteiger partial charge in [0.05, 0.1) is 5.69 Å². The van der Waals surface area contributed by atoms with Gasteiger partial charge < -0.3 is 5.73 Å². The standard InChI is InChI=1S/C10H10BrN3/c1-7-6-14(13-10(7)12)9-5-3-2-4-8(9)11/h2-6H,1H3,(H2,12,13). The summed E-state index contributed by atoms with van der Waals surface area (Å²) in [6, 6.07) is 7.89. The van der Waals surface area contributed by atoms with E-state index in [0.29, 0.717) is 5.82 Å². The molecule has 0 spiro atoms. The van der Waals surface area contributed by atoms with E-state index in [4.69, 9.17) is 5.73 Å². The number of nitrogen functional groups attached to an aromatic ring is 1. The van der Waals surface area contributed by atoms with Gasteiger partial charge in [-0.05, 0) is 35.0 Å². The highest BCUT2D eigenvalue weighted by molar-refractivity contribution is 9.10. The fourth-order valence-electron chi connectivity index (χ4n) is 1.23. The van der Waals surface area contributed by atoms with Crippen molar-refractivity contribution < 1.29 is 0 Å². The third kappa shape index (κ3) is 1.53. The quantitative estimate of drug-likeness (QED) is 0.847. The van der Waals surface area contributed by atoms with Gasteiger partial charge in [-0.3, -0.25) is 0 Å². The fraction of sp³-hybridized carbons (Fsp3) is 0.100. The Balaban J connectivity index is 2.55. The number of halogens is 1. The Kier molecular flexibility index (Phi) is 2.29. The zero-order valence-corrected chi connectivity index (χ0v) is 9.32. The molecule has 0 amide bonds. The van der Waals surface area contributed by atoms with Crippen molar-refractivity contribution in [3.63, 3.8) is 0 Å². The third-order valence-corrected chi connectivity index (χ3v) is 2.71. The van der Waals surface area contributed by atoms with Gasteiger partial charge in [0.1, 0.15) is 5.82 Å². The predicted octanol–water partition coefficient (Wildman–Crippen LogP) is 2.53.